The van der Waals surface area contributed by atoms with Crippen molar-refractivity contribution < 1.29 is 13.2 Å². The molecule has 0 atom stereocenters. The lowest BCUT2D eigenvalue weighted by molar-refractivity contribution is 0.147. The zero-order chi connectivity index (χ0) is 14.1. The third-order valence-corrected chi connectivity index (χ3v) is 3.61. The Morgan fingerprint density at radius 2 is 2.21 bits per heavy atom. The Bertz CT molecular complexity index is 457. The minimum Gasteiger partial charge on any atom is -0.382 e. The Morgan fingerprint density at radius 3 is 2.89 bits per heavy atom. The van der Waals surface area contributed by atoms with Crippen LogP contribution in [0.2, 0.25) is 0 Å². The maximum Gasteiger partial charge on any atom is 0.202 e. The van der Waals surface area contributed by atoms with Crippen LogP contribution in [0.3, 0.4) is 0 Å². The van der Waals surface area contributed by atoms with Gasteiger partial charge >= 0.3 is 0 Å². The lowest BCUT2D eigenvalue weighted by Crippen LogP contribution is -2.12. The number of sulfone groups is 1. The van der Waals surface area contributed by atoms with Crippen LogP contribution < -0.4 is 5.32 Å². The zero-order valence-corrected chi connectivity index (χ0v) is 12.4. The van der Waals surface area contributed by atoms with Gasteiger partial charge < -0.3 is 14.6 Å². The number of imidazole rings is 1. The second-order valence-corrected chi connectivity index (χ2v) is 6.66. The molecule has 0 aromatic carbocycles. The third kappa shape index (κ3) is 7.17. The summed E-state index contributed by atoms with van der Waals surface area (Å²) in [7, 11) is -2.89. The number of anilines is 1. The van der Waals surface area contributed by atoms with E-state index in [1.54, 1.807) is 6.20 Å². The Balaban J connectivity index is 2.30. The maximum absolute atomic E-state index is 11.1. The van der Waals surface area contributed by atoms with Crippen LogP contribution >= 0.6 is 0 Å². The summed E-state index contributed by atoms with van der Waals surface area (Å²) in [5, 5.41) is 3.22. The van der Waals surface area contributed by atoms with Gasteiger partial charge in [0.2, 0.25) is 5.95 Å². The molecule has 0 unspecified atom stereocenters. The molecule has 0 spiro atoms. The first kappa shape index (κ1) is 16.0. The van der Waals surface area contributed by atoms with E-state index < -0.39 is 9.84 Å². The molecule has 6 nitrogen and oxygen atoms in total. The Kier molecular flexibility index (Phi) is 6.86. The molecule has 1 rings (SSSR count). The predicted octanol–water partition coefficient (Wildman–Crippen LogP) is 1.16. The molecule has 1 aromatic rings. The van der Waals surface area contributed by atoms with Gasteiger partial charge in [-0.05, 0) is 19.8 Å². The molecule has 0 aliphatic carbocycles. The minimum absolute atomic E-state index is 0.203. The second kappa shape index (κ2) is 8.16. The van der Waals surface area contributed by atoms with E-state index in [0.717, 1.165) is 32.1 Å². The average molecular weight is 289 g/mol. The molecule has 1 aromatic heterocycles. The topological polar surface area (TPSA) is 73.2 Å². The molecule has 1 heterocycles. The number of ether oxygens (including phenoxy) is 1. The quantitative estimate of drug-likeness (QED) is 0.654. The monoisotopic (exact) mass is 289 g/mol. The summed E-state index contributed by atoms with van der Waals surface area (Å²) in [6, 6.07) is 0. The van der Waals surface area contributed by atoms with E-state index in [1.807, 2.05) is 17.7 Å². The first-order chi connectivity index (χ1) is 9.03. The molecule has 0 saturated heterocycles. The van der Waals surface area contributed by atoms with Crippen LogP contribution in [0.25, 0.3) is 0 Å². The summed E-state index contributed by atoms with van der Waals surface area (Å²) >= 11 is 0. The fourth-order valence-electron chi connectivity index (χ4n) is 1.67. The van der Waals surface area contributed by atoms with Gasteiger partial charge in [0.15, 0.2) is 0 Å². The highest BCUT2D eigenvalue weighted by Crippen LogP contribution is 2.06. The van der Waals surface area contributed by atoms with Crippen molar-refractivity contribution in [2.24, 2.45) is 0 Å². The van der Waals surface area contributed by atoms with Gasteiger partial charge in [0.1, 0.15) is 9.84 Å². The summed E-state index contributed by atoms with van der Waals surface area (Å²) in [4.78, 5) is 4.21. The van der Waals surface area contributed by atoms with Crippen LogP contribution in [0.4, 0.5) is 5.95 Å². The second-order valence-electron chi connectivity index (χ2n) is 4.40. The van der Waals surface area contributed by atoms with Crippen molar-refractivity contribution in [1.82, 2.24) is 9.55 Å². The number of aromatic nitrogens is 2. The average Bonchev–Trinajstić information content (AvgIpc) is 2.75. The largest absolute Gasteiger partial charge is 0.382 e. The SMILES string of the molecule is CCOCCCNc1nccn1CCCS(C)(=O)=O. The van der Waals surface area contributed by atoms with Crippen molar-refractivity contribution in [2.75, 3.05) is 37.1 Å². The van der Waals surface area contributed by atoms with Crippen LogP contribution in [0.1, 0.15) is 19.8 Å². The molecule has 0 saturated carbocycles. The molecule has 1 N–H and O–H groups in total. The summed E-state index contributed by atoms with van der Waals surface area (Å²) in [5.74, 6) is 0.986. The molecule has 19 heavy (non-hydrogen) atoms. The molecule has 0 bridgehead atoms. The Labute approximate surface area is 115 Å². The van der Waals surface area contributed by atoms with Gasteiger partial charge in [0.05, 0.1) is 5.75 Å². The van der Waals surface area contributed by atoms with Crippen molar-refractivity contribution in [2.45, 2.75) is 26.3 Å². The van der Waals surface area contributed by atoms with Crippen LogP contribution in [0.5, 0.6) is 0 Å². The van der Waals surface area contributed by atoms with E-state index >= 15 is 0 Å². The summed E-state index contributed by atoms with van der Waals surface area (Å²) in [6.45, 7) is 4.89. The molecule has 0 aliphatic heterocycles. The highest BCUT2D eigenvalue weighted by atomic mass is 32.2. The highest BCUT2D eigenvalue weighted by Gasteiger charge is 2.05. The van der Waals surface area contributed by atoms with E-state index in [1.165, 1.54) is 6.26 Å². The molecule has 110 valence electrons. The van der Waals surface area contributed by atoms with Gasteiger partial charge in [-0.1, -0.05) is 0 Å². The summed E-state index contributed by atoms with van der Waals surface area (Å²) < 4.78 is 29.3. The minimum atomic E-state index is -2.89. The first-order valence-corrected chi connectivity index (χ1v) is 8.59. The van der Waals surface area contributed by atoms with E-state index in [0.29, 0.717) is 13.0 Å². The fourth-order valence-corrected chi connectivity index (χ4v) is 2.33. The number of nitrogens with one attached hydrogen (secondary N) is 1. The van der Waals surface area contributed by atoms with Gasteiger partial charge in [-0.3, -0.25) is 0 Å². The van der Waals surface area contributed by atoms with Crippen molar-refractivity contribution in [3.63, 3.8) is 0 Å². The van der Waals surface area contributed by atoms with Crippen molar-refractivity contribution in [1.29, 1.82) is 0 Å². The standard InChI is InChI=1S/C12H23N3O3S/c1-3-18-10-4-6-13-12-14-7-9-15(12)8-5-11-19(2,16)17/h7,9H,3-6,8,10-11H2,1-2H3,(H,13,14). The van der Waals surface area contributed by atoms with Crippen LogP contribution in [-0.2, 0) is 21.1 Å². The van der Waals surface area contributed by atoms with Crippen LogP contribution in [-0.4, -0.2) is 49.7 Å². The van der Waals surface area contributed by atoms with Gasteiger partial charge in [-0.15, -0.1) is 0 Å². The van der Waals surface area contributed by atoms with Crippen molar-refractivity contribution in [3.8, 4) is 0 Å². The van der Waals surface area contributed by atoms with Gasteiger partial charge in [0.25, 0.3) is 0 Å². The lowest BCUT2D eigenvalue weighted by atomic mass is 10.4. The van der Waals surface area contributed by atoms with Gasteiger partial charge in [-0.2, -0.15) is 0 Å². The van der Waals surface area contributed by atoms with Gasteiger partial charge in [0, 0.05) is 45.0 Å². The number of aryl methyl sites for hydroxylation is 1. The Hall–Kier alpha value is -1.08. The molecular formula is C12H23N3O3S. The normalized spacial score (nSPS) is 11.7. The number of rotatable bonds is 10. The third-order valence-electron chi connectivity index (χ3n) is 2.58. The number of hydrogen-bond acceptors (Lipinski definition) is 5. The van der Waals surface area contributed by atoms with E-state index in [-0.39, 0.29) is 5.75 Å². The number of hydrogen-bond donors (Lipinski definition) is 1. The summed E-state index contributed by atoms with van der Waals surface area (Å²) in [6.07, 6.45) is 6.35. The van der Waals surface area contributed by atoms with Crippen LogP contribution in [0.15, 0.2) is 12.4 Å². The molecule has 7 heteroatoms. The lowest BCUT2D eigenvalue weighted by Gasteiger charge is -2.09. The Morgan fingerprint density at radius 1 is 1.42 bits per heavy atom. The molecule has 0 fully saturated rings. The smallest absolute Gasteiger partial charge is 0.202 e. The zero-order valence-electron chi connectivity index (χ0n) is 11.6. The summed E-state index contributed by atoms with van der Waals surface area (Å²) in [5.41, 5.74) is 0. The van der Waals surface area contributed by atoms with Crippen molar-refractivity contribution >= 4 is 15.8 Å². The highest BCUT2D eigenvalue weighted by molar-refractivity contribution is 7.90. The predicted molar refractivity (Wildman–Crippen MR) is 76.2 cm³/mol. The molecule has 0 amide bonds. The fraction of sp³-hybridized carbons (Fsp3) is 0.750. The first-order valence-electron chi connectivity index (χ1n) is 6.53. The maximum atomic E-state index is 11.1. The molecule has 0 radical (unpaired) electrons. The van der Waals surface area contributed by atoms with E-state index in [4.69, 9.17) is 4.74 Å². The van der Waals surface area contributed by atoms with Gasteiger partial charge in [-0.25, -0.2) is 13.4 Å². The molecule has 0 aliphatic rings. The van der Waals surface area contributed by atoms with E-state index in [9.17, 15) is 8.42 Å². The van der Waals surface area contributed by atoms with Crippen molar-refractivity contribution in [3.05, 3.63) is 12.4 Å². The number of nitrogens with zero attached hydrogens (tertiary/aromatic N) is 2. The molecular weight excluding hydrogens is 266 g/mol. The van der Waals surface area contributed by atoms with E-state index in [2.05, 4.69) is 10.3 Å². The van der Waals surface area contributed by atoms with Crippen LogP contribution in [0, 0.1) is 0 Å².